The van der Waals surface area contributed by atoms with E-state index in [9.17, 15) is 4.79 Å². The third kappa shape index (κ3) is 6.63. The molecule has 0 aliphatic heterocycles. The van der Waals surface area contributed by atoms with Crippen molar-refractivity contribution in [2.24, 2.45) is 17.6 Å². The van der Waals surface area contributed by atoms with Gasteiger partial charge in [0.1, 0.15) is 5.75 Å². The van der Waals surface area contributed by atoms with Crippen LogP contribution in [0.5, 0.6) is 5.75 Å². The lowest BCUT2D eigenvalue weighted by Gasteiger charge is -2.19. The lowest BCUT2D eigenvalue weighted by molar-refractivity contribution is -0.121. The van der Waals surface area contributed by atoms with Crippen LogP contribution in [0, 0.1) is 11.8 Å². The zero-order chi connectivity index (χ0) is 15.7. The van der Waals surface area contributed by atoms with Crippen LogP contribution in [0.2, 0.25) is 0 Å². The number of nitrogens with one attached hydrogen (secondary N) is 1. The van der Waals surface area contributed by atoms with Crippen molar-refractivity contribution in [1.29, 1.82) is 0 Å². The number of amides is 1. The van der Waals surface area contributed by atoms with Crippen LogP contribution in [0.1, 0.15) is 38.7 Å². The Bertz CT molecular complexity index is 433. The molecular formula is C17H28N2O2. The average molecular weight is 292 g/mol. The highest BCUT2D eigenvalue weighted by Crippen LogP contribution is 2.20. The highest BCUT2D eigenvalue weighted by Gasteiger charge is 2.14. The summed E-state index contributed by atoms with van der Waals surface area (Å²) in [6.07, 6.45) is 2.45. The molecule has 0 heterocycles. The molecule has 0 saturated heterocycles. The van der Waals surface area contributed by atoms with E-state index >= 15 is 0 Å². The van der Waals surface area contributed by atoms with Gasteiger partial charge in [-0.1, -0.05) is 26.0 Å². The predicted octanol–water partition coefficient (Wildman–Crippen LogP) is 2.71. The molecule has 0 fully saturated rings. The van der Waals surface area contributed by atoms with E-state index in [1.54, 1.807) is 7.11 Å². The van der Waals surface area contributed by atoms with Gasteiger partial charge in [-0.15, -0.1) is 0 Å². The third-order valence-electron chi connectivity index (χ3n) is 3.85. The minimum Gasteiger partial charge on any atom is -0.497 e. The van der Waals surface area contributed by atoms with E-state index in [-0.39, 0.29) is 5.91 Å². The number of carbonyl (C=O) groups is 1. The number of carbonyl (C=O) groups excluding carboxylic acids is 1. The smallest absolute Gasteiger partial charge is 0.220 e. The van der Waals surface area contributed by atoms with Crippen LogP contribution in [0.3, 0.4) is 0 Å². The first-order valence-electron chi connectivity index (χ1n) is 7.66. The summed E-state index contributed by atoms with van der Waals surface area (Å²) in [5, 5.41) is 2.96. The highest BCUT2D eigenvalue weighted by molar-refractivity contribution is 5.75. The summed E-state index contributed by atoms with van der Waals surface area (Å²) in [6.45, 7) is 5.61. The van der Waals surface area contributed by atoms with Crippen LogP contribution in [-0.2, 0) is 11.3 Å². The Hall–Kier alpha value is -1.55. The first-order chi connectivity index (χ1) is 10.1. The lowest BCUT2D eigenvalue weighted by Crippen LogP contribution is -2.24. The van der Waals surface area contributed by atoms with E-state index in [1.165, 1.54) is 0 Å². The number of rotatable bonds is 9. The second-order valence-electron chi connectivity index (χ2n) is 5.75. The monoisotopic (exact) mass is 292 g/mol. The molecule has 0 saturated carbocycles. The summed E-state index contributed by atoms with van der Waals surface area (Å²) in [7, 11) is 1.64. The Balaban J connectivity index is 2.36. The van der Waals surface area contributed by atoms with Gasteiger partial charge >= 0.3 is 0 Å². The Morgan fingerprint density at radius 3 is 2.71 bits per heavy atom. The van der Waals surface area contributed by atoms with Crippen molar-refractivity contribution in [3.05, 3.63) is 29.8 Å². The van der Waals surface area contributed by atoms with Gasteiger partial charge in [-0.25, -0.2) is 0 Å². The molecular weight excluding hydrogens is 264 g/mol. The van der Waals surface area contributed by atoms with Crippen molar-refractivity contribution in [2.45, 2.75) is 39.7 Å². The summed E-state index contributed by atoms with van der Waals surface area (Å²) in [6, 6.07) is 7.74. The third-order valence-corrected chi connectivity index (χ3v) is 3.85. The number of hydrogen-bond acceptors (Lipinski definition) is 3. The zero-order valence-electron chi connectivity index (χ0n) is 13.4. The topological polar surface area (TPSA) is 64.3 Å². The summed E-state index contributed by atoms with van der Waals surface area (Å²) in [4.78, 5) is 11.9. The van der Waals surface area contributed by atoms with Gasteiger partial charge in [-0.05, 0) is 48.9 Å². The molecule has 1 aromatic rings. The summed E-state index contributed by atoms with van der Waals surface area (Å²) in [5.74, 6) is 2.00. The molecule has 1 rings (SSSR count). The molecule has 4 nitrogen and oxygen atoms in total. The molecule has 1 amide bonds. The second kappa shape index (κ2) is 9.40. The van der Waals surface area contributed by atoms with Crippen LogP contribution in [-0.4, -0.2) is 19.6 Å². The first kappa shape index (κ1) is 17.5. The molecule has 3 N–H and O–H groups in total. The van der Waals surface area contributed by atoms with Gasteiger partial charge in [0, 0.05) is 13.0 Å². The Morgan fingerprint density at radius 1 is 1.33 bits per heavy atom. The van der Waals surface area contributed by atoms with Crippen molar-refractivity contribution in [3.63, 3.8) is 0 Å². The van der Waals surface area contributed by atoms with Crippen molar-refractivity contribution >= 4 is 5.91 Å². The summed E-state index contributed by atoms with van der Waals surface area (Å²) < 4.78 is 5.17. The second-order valence-corrected chi connectivity index (χ2v) is 5.75. The fourth-order valence-corrected chi connectivity index (χ4v) is 2.41. The molecule has 21 heavy (non-hydrogen) atoms. The van der Waals surface area contributed by atoms with E-state index in [2.05, 4.69) is 19.2 Å². The maximum Gasteiger partial charge on any atom is 0.220 e. The van der Waals surface area contributed by atoms with Gasteiger partial charge in [0.2, 0.25) is 5.91 Å². The van der Waals surface area contributed by atoms with Crippen LogP contribution in [0.25, 0.3) is 0 Å². The molecule has 0 bridgehead atoms. The van der Waals surface area contributed by atoms with E-state index in [1.807, 2.05) is 24.3 Å². The van der Waals surface area contributed by atoms with Crippen LogP contribution >= 0.6 is 0 Å². The van der Waals surface area contributed by atoms with E-state index in [0.717, 1.165) is 24.2 Å². The van der Waals surface area contributed by atoms with Gasteiger partial charge in [-0.2, -0.15) is 0 Å². The fourth-order valence-electron chi connectivity index (χ4n) is 2.41. The molecule has 0 aliphatic carbocycles. The number of nitrogens with two attached hydrogens (primary N) is 1. The minimum absolute atomic E-state index is 0.0977. The zero-order valence-corrected chi connectivity index (χ0v) is 13.4. The highest BCUT2D eigenvalue weighted by atomic mass is 16.5. The van der Waals surface area contributed by atoms with Gasteiger partial charge in [0.15, 0.2) is 0 Å². The summed E-state index contributed by atoms with van der Waals surface area (Å²) >= 11 is 0. The Kier molecular flexibility index (Phi) is 7.83. The molecule has 0 spiro atoms. The van der Waals surface area contributed by atoms with Crippen molar-refractivity contribution < 1.29 is 9.53 Å². The largest absolute Gasteiger partial charge is 0.497 e. The molecule has 0 aliphatic rings. The Labute approximate surface area is 128 Å². The van der Waals surface area contributed by atoms with E-state index < -0.39 is 0 Å². The quantitative estimate of drug-likeness (QED) is 0.735. The Morgan fingerprint density at radius 2 is 2.10 bits per heavy atom. The van der Waals surface area contributed by atoms with Gasteiger partial charge in [0.25, 0.3) is 0 Å². The maximum absolute atomic E-state index is 11.9. The molecule has 1 atom stereocenters. The van der Waals surface area contributed by atoms with Crippen LogP contribution in [0.15, 0.2) is 24.3 Å². The van der Waals surface area contributed by atoms with Crippen molar-refractivity contribution in [2.75, 3.05) is 13.7 Å². The standard InChI is InChI=1S/C17H28N2O2/c1-13(2)15(9-10-18)7-8-17(20)19-12-14-5-4-6-16(11-14)21-3/h4-6,11,13,15H,7-10,12,18H2,1-3H3,(H,19,20). The number of benzene rings is 1. The minimum atomic E-state index is 0.0977. The molecule has 118 valence electrons. The normalized spacial score (nSPS) is 12.2. The van der Waals surface area contributed by atoms with Gasteiger partial charge in [0.05, 0.1) is 7.11 Å². The fraction of sp³-hybridized carbons (Fsp3) is 0.588. The molecule has 1 unspecified atom stereocenters. The van der Waals surface area contributed by atoms with Crippen molar-refractivity contribution in [1.82, 2.24) is 5.32 Å². The van der Waals surface area contributed by atoms with E-state index in [4.69, 9.17) is 10.5 Å². The predicted molar refractivity (Wildman–Crippen MR) is 86.1 cm³/mol. The molecule has 0 radical (unpaired) electrons. The molecule has 4 heteroatoms. The average Bonchev–Trinajstić information content (AvgIpc) is 2.49. The maximum atomic E-state index is 11.9. The number of ether oxygens (including phenoxy) is 1. The van der Waals surface area contributed by atoms with Gasteiger partial charge in [-0.3, -0.25) is 4.79 Å². The SMILES string of the molecule is COc1cccc(CNC(=O)CCC(CCN)C(C)C)c1. The molecule has 0 aromatic heterocycles. The van der Waals surface area contributed by atoms with E-state index in [0.29, 0.717) is 31.3 Å². The summed E-state index contributed by atoms with van der Waals surface area (Å²) in [5.41, 5.74) is 6.67. The number of methoxy groups -OCH3 is 1. The first-order valence-corrected chi connectivity index (χ1v) is 7.66. The lowest BCUT2D eigenvalue weighted by atomic mass is 9.88. The number of hydrogen-bond donors (Lipinski definition) is 2. The van der Waals surface area contributed by atoms with Crippen LogP contribution in [0.4, 0.5) is 0 Å². The molecule has 1 aromatic carbocycles. The van der Waals surface area contributed by atoms with Crippen LogP contribution < -0.4 is 15.8 Å². The van der Waals surface area contributed by atoms with Crippen molar-refractivity contribution in [3.8, 4) is 5.75 Å². The van der Waals surface area contributed by atoms with Gasteiger partial charge < -0.3 is 15.8 Å².